The van der Waals surface area contributed by atoms with Gasteiger partial charge in [-0.15, -0.1) is 0 Å². The van der Waals surface area contributed by atoms with Crippen LogP contribution in [0.1, 0.15) is 12.8 Å². The van der Waals surface area contributed by atoms with Gasteiger partial charge in [0.05, 0.1) is 6.54 Å². The van der Waals surface area contributed by atoms with Crippen LogP contribution in [0.15, 0.2) is 41.0 Å². The van der Waals surface area contributed by atoms with Gasteiger partial charge in [0.25, 0.3) is 0 Å². The zero-order valence-corrected chi connectivity index (χ0v) is 16.5. The Labute approximate surface area is 169 Å². The van der Waals surface area contributed by atoms with E-state index in [1.54, 1.807) is 18.3 Å². The normalized spacial score (nSPS) is 15.2. The van der Waals surface area contributed by atoms with Gasteiger partial charge < -0.3 is 10.6 Å². The Morgan fingerprint density at radius 1 is 1.11 bits per heavy atom. The smallest absolute Gasteiger partial charge is 0.238 e. The second kappa shape index (κ2) is 9.20. The molecule has 1 aliphatic heterocycles. The molecule has 2 amide bonds. The number of anilines is 2. The minimum absolute atomic E-state index is 0.0822. The van der Waals surface area contributed by atoms with Crippen LogP contribution in [0.5, 0.6) is 0 Å². The van der Waals surface area contributed by atoms with Crippen LogP contribution in [0.25, 0.3) is 0 Å². The predicted octanol–water partition coefficient (Wildman–Crippen LogP) is 3.41. The molecule has 1 aliphatic rings. The third-order valence-corrected chi connectivity index (χ3v) is 4.92. The van der Waals surface area contributed by atoms with Gasteiger partial charge in [0, 0.05) is 28.3 Å². The molecule has 2 aromatic rings. The minimum Gasteiger partial charge on any atom is -0.325 e. The molecule has 2 heterocycles. The monoisotopic (exact) mass is 452 g/mol. The van der Waals surface area contributed by atoms with Gasteiger partial charge in [-0.3, -0.25) is 14.5 Å². The molecule has 1 fully saturated rings. The highest BCUT2D eigenvalue weighted by atomic mass is 79.9. The van der Waals surface area contributed by atoms with E-state index in [0.717, 1.165) is 22.7 Å². The van der Waals surface area contributed by atoms with Crippen molar-refractivity contribution >= 4 is 39.2 Å². The summed E-state index contributed by atoms with van der Waals surface area (Å²) in [6.07, 6.45) is 2.84. The van der Waals surface area contributed by atoms with Crippen molar-refractivity contribution in [1.29, 1.82) is 0 Å². The fourth-order valence-corrected chi connectivity index (χ4v) is 3.30. The van der Waals surface area contributed by atoms with E-state index in [-0.39, 0.29) is 30.0 Å². The van der Waals surface area contributed by atoms with Crippen LogP contribution in [-0.2, 0) is 9.59 Å². The molecule has 0 aliphatic carbocycles. The lowest BCUT2D eigenvalue weighted by Crippen LogP contribution is -2.41. The number of halogens is 3. The van der Waals surface area contributed by atoms with Crippen LogP contribution in [0, 0.1) is 17.6 Å². The third kappa shape index (κ3) is 5.80. The van der Waals surface area contributed by atoms with Crippen LogP contribution >= 0.6 is 15.9 Å². The van der Waals surface area contributed by atoms with Gasteiger partial charge >= 0.3 is 0 Å². The number of aromatic nitrogens is 1. The van der Waals surface area contributed by atoms with E-state index >= 15 is 0 Å². The molecule has 3 rings (SSSR count). The summed E-state index contributed by atoms with van der Waals surface area (Å²) >= 11 is 3.29. The molecule has 0 spiro atoms. The lowest BCUT2D eigenvalue weighted by molar-refractivity contribution is -0.121. The first-order valence-corrected chi connectivity index (χ1v) is 9.59. The van der Waals surface area contributed by atoms with E-state index in [4.69, 9.17) is 0 Å². The molecule has 0 radical (unpaired) electrons. The summed E-state index contributed by atoms with van der Waals surface area (Å²) in [5.74, 6) is -1.59. The van der Waals surface area contributed by atoms with Gasteiger partial charge in [0.1, 0.15) is 17.5 Å². The number of rotatable bonds is 5. The number of nitrogens with zero attached hydrogens (tertiary/aromatic N) is 2. The van der Waals surface area contributed by atoms with Crippen molar-refractivity contribution in [2.75, 3.05) is 30.3 Å². The Morgan fingerprint density at radius 2 is 1.79 bits per heavy atom. The molecule has 0 atom stereocenters. The number of nitrogens with one attached hydrogen (secondary N) is 2. The predicted molar refractivity (Wildman–Crippen MR) is 105 cm³/mol. The molecule has 0 bridgehead atoms. The Bertz CT molecular complexity index is 835. The Balaban J connectivity index is 1.45. The lowest BCUT2D eigenvalue weighted by atomic mass is 9.96. The van der Waals surface area contributed by atoms with E-state index in [0.29, 0.717) is 31.7 Å². The quantitative estimate of drug-likeness (QED) is 0.728. The number of benzene rings is 1. The Morgan fingerprint density at radius 3 is 2.39 bits per heavy atom. The number of amides is 2. The molecule has 0 unspecified atom stereocenters. The summed E-state index contributed by atoms with van der Waals surface area (Å²) in [7, 11) is 0. The molecular formula is C19H19BrF2N4O2. The number of pyridine rings is 1. The molecule has 2 N–H and O–H groups in total. The molecule has 28 heavy (non-hydrogen) atoms. The Hall–Kier alpha value is -2.39. The first-order chi connectivity index (χ1) is 13.4. The van der Waals surface area contributed by atoms with E-state index in [9.17, 15) is 18.4 Å². The Kier molecular flexibility index (Phi) is 6.69. The molecular weight excluding hydrogens is 434 g/mol. The summed E-state index contributed by atoms with van der Waals surface area (Å²) in [4.78, 5) is 30.5. The molecule has 0 saturated carbocycles. The molecule has 148 valence electrons. The summed E-state index contributed by atoms with van der Waals surface area (Å²) in [6.45, 7) is 1.26. The summed E-state index contributed by atoms with van der Waals surface area (Å²) < 4.78 is 27.2. The first-order valence-electron chi connectivity index (χ1n) is 8.80. The van der Waals surface area contributed by atoms with Gasteiger partial charge in [-0.05, 0) is 66.1 Å². The van der Waals surface area contributed by atoms with Crippen LogP contribution in [0.4, 0.5) is 20.3 Å². The zero-order chi connectivity index (χ0) is 20.1. The van der Waals surface area contributed by atoms with Crippen molar-refractivity contribution in [1.82, 2.24) is 9.88 Å². The van der Waals surface area contributed by atoms with Crippen molar-refractivity contribution in [3.05, 3.63) is 52.6 Å². The number of likely N-dealkylation sites (tertiary alicyclic amines) is 1. The standard InChI is InChI=1S/C19H19BrF2N4O2/c20-13-1-2-17(23-10-13)25-19(28)12-3-5-26(6-4-12)11-18(27)24-16-8-14(21)7-15(22)9-16/h1-2,7-10,12H,3-6,11H2,(H,24,27)(H,23,25,28). The number of piperidine rings is 1. The van der Waals surface area contributed by atoms with Crippen molar-refractivity contribution in [2.24, 2.45) is 5.92 Å². The lowest BCUT2D eigenvalue weighted by Gasteiger charge is -2.30. The van der Waals surface area contributed by atoms with Crippen LogP contribution in [0.2, 0.25) is 0 Å². The van der Waals surface area contributed by atoms with Crippen LogP contribution in [0.3, 0.4) is 0 Å². The van der Waals surface area contributed by atoms with Crippen molar-refractivity contribution < 1.29 is 18.4 Å². The topological polar surface area (TPSA) is 74.3 Å². The second-order valence-electron chi connectivity index (χ2n) is 6.61. The summed E-state index contributed by atoms with van der Waals surface area (Å²) in [5, 5.41) is 5.29. The summed E-state index contributed by atoms with van der Waals surface area (Å²) in [6, 6.07) is 6.39. The second-order valence-corrected chi connectivity index (χ2v) is 7.52. The van der Waals surface area contributed by atoms with E-state index in [1.807, 2.05) is 4.90 Å². The van der Waals surface area contributed by atoms with Crippen LogP contribution in [-0.4, -0.2) is 41.3 Å². The van der Waals surface area contributed by atoms with Crippen LogP contribution < -0.4 is 10.6 Å². The highest BCUT2D eigenvalue weighted by Crippen LogP contribution is 2.20. The first kappa shape index (κ1) is 20.3. The number of carbonyl (C=O) groups is 2. The fraction of sp³-hybridized carbons (Fsp3) is 0.316. The van der Waals surface area contributed by atoms with Gasteiger partial charge in [0.2, 0.25) is 11.8 Å². The maximum absolute atomic E-state index is 13.2. The van der Waals surface area contributed by atoms with Gasteiger partial charge in [-0.25, -0.2) is 13.8 Å². The highest BCUT2D eigenvalue weighted by molar-refractivity contribution is 9.10. The average molecular weight is 453 g/mol. The number of hydrogen-bond donors (Lipinski definition) is 2. The van der Waals surface area contributed by atoms with Gasteiger partial charge in [-0.1, -0.05) is 0 Å². The summed E-state index contributed by atoms with van der Waals surface area (Å²) in [5.41, 5.74) is 0.0822. The largest absolute Gasteiger partial charge is 0.325 e. The van der Waals surface area contributed by atoms with Gasteiger partial charge in [-0.2, -0.15) is 0 Å². The molecule has 6 nitrogen and oxygen atoms in total. The van der Waals surface area contributed by atoms with E-state index in [1.165, 1.54) is 0 Å². The van der Waals surface area contributed by atoms with E-state index < -0.39 is 11.6 Å². The van der Waals surface area contributed by atoms with E-state index in [2.05, 4.69) is 31.5 Å². The maximum atomic E-state index is 13.2. The minimum atomic E-state index is -0.748. The molecule has 1 aromatic heterocycles. The average Bonchev–Trinajstić information content (AvgIpc) is 2.63. The third-order valence-electron chi connectivity index (χ3n) is 4.45. The number of hydrogen-bond acceptors (Lipinski definition) is 4. The molecule has 9 heteroatoms. The van der Waals surface area contributed by atoms with Gasteiger partial charge in [0.15, 0.2) is 0 Å². The number of carbonyl (C=O) groups excluding carboxylic acids is 2. The highest BCUT2D eigenvalue weighted by Gasteiger charge is 2.26. The van der Waals surface area contributed by atoms with Crippen molar-refractivity contribution in [3.63, 3.8) is 0 Å². The zero-order valence-electron chi connectivity index (χ0n) is 14.9. The fourth-order valence-electron chi connectivity index (χ4n) is 3.06. The molecule has 1 saturated heterocycles. The van der Waals surface area contributed by atoms with Crippen molar-refractivity contribution in [2.45, 2.75) is 12.8 Å². The molecule has 1 aromatic carbocycles. The SMILES string of the molecule is O=C(CN1CCC(C(=O)Nc2ccc(Br)cn2)CC1)Nc1cc(F)cc(F)c1. The van der Waals surface area contributed by atoms with Crippen molar-refractivity contribution in [3.8, 4) is 0 Å². The maximum Gasteiger partial charge on any atom is 0.238 e.